The Labute approximate surface area is 144 Å². The minimum atomic E-state index is -0.544. The Kier molecular flexibility index (Phi) is 6.65. The lowest BCUT2D eigenvalue weighted by molar-refractivity contribution is -0.148. The Morgan fingerprint density at radius 3 is 2.70 bits per heavy atom. The van der Waals surface area contributed by atoms with Gasteiger partial charge in [0.15, 0.2) is 6.61 Å². The highest BCUT2D eigenvalue weighted by atomic mass is 79.9. The maximum atomic E-state index is 11.9. The fourth-order valence-electron chi connectivity index (χ4n) is 2.41. The van der Waals surface area contributed by atoms with Crippen LogP contribution in [-0.2, 0) is 14.3 Å². The summed E-state index contributed by atoms with van der Waals surface area (Å²) >= 11 is 3.37. The molecule has 1 aliphatic rings. The monoisotopic (exact) mass is 381 g/mol. The predicted octanol–water partition coefficient (Wildman–Crippen LogP) is 3.03. The molecule has 0 N–H and O–H groups in total. The second kappa shape index (κ2) is 8.72. The van der Waals surface area contributed by atoms with Crippen LogP contribution >= 0.6 is 15.9 Å². The summed E-state index contributed by atoms with van der Waals surface area (Å²) in [4.78, 5) is 25.4. The molecule has 1 heterocycles. The van der Waals surface area contributed by atoms with Crippen molar-refractivity contribution in [2.45, 2.75) is 19.3 Å². The maximum absolute atomic E-state index is 11.9. The van der Waals surface area contributed by atoms with Gasteiger partial charge in [-0.2, -0.15) is 0 Å². The van der Waals surface area contributed by atoms with Crippen LogP contribution in [0.25, 0.3) is 6.08 Å². The van der Waals surface area contributed by atoms with Crippen molar-refractivity contribution in [1.29, 1.82) is 0 Å². The van der Waals surface area contributed by atoms with Gasteiger partial charge in [-0.3, -0.25) is 4.79 Å². The van der Waals surface area contributed by atoms with Crippen molar-refractivity contribution in [3.05, 3.63) is 34.3 Å². The first kappa shape index (κ1) is 17.5. The second-order valence-electron chi connectivity index (χ2n) is 5.27. The van der Waals surface area contributed by atoms with E-state index in [2.05, 4.69) is 15.9 Å². The van der Waals surface area contributed by atoms with E-state index in [1.54, 1.807) is 24.2 Å². The van der Waals surface area contributed by atoms with Crippen LogP contribution in [0.1, 0.15) is 24.8 Å². The van der Waals surface area contributed by atoms with E-state index < -0.39 is 5.97 Å². The van der Waals surface area contributed by atoms with Crippen molar-refractivity contribution in [3.63, 3.8) is 0 Å². The molecule has 0 aliphatic carbocycles. The molecule has 0 aromatic heterocycles. The van der Waals surface area contributed by atoms with E-state index in [1.165, 1.54) is 6.08 Å². The minimum absolute atomic E-state index is 0.133. The van der Waals surface area contributed by atoms with E-state index in [1.807, 2.05) is 12.1 Å². The summed E-state index contributed by atoms with van der Waals surface area (Å²) in [5.74, 6) is -0.0227. The van der Waals surface area contributed by atoms with Gasteiger partial charge in [0.2, 0.25) is 0 Å². The maximum Gasteiger partial charge on any atom is 0.331 e. The number of nitrogens with zero attached hydrogens (tertiary/aromatic N) is 1. The molecule has 1 fully saturated rings. The van der Waals surface area contributed by atoms with Crippen molar-refractivity contribution in [3.8, 4) is 5.75 Å². The summed E-state index contributed by atoms with van der Waals surface area (Å²) in [6, 6.07) is 5.49. The standard InChI is InChI=1S/C17H20BrNO4/c1-22-15-7-6-14(18)11-13(15)5-8-17(21)23-12-16(20)19-9-3-2-4-10-19/h5-8,11H,2-4,9-10,12H2,1H3/b8-5+. The van der Waals surface area contributed by atoms with Crippen LogP contribution < -0.4 is 4.74 Å². The SMILES string of the molecule is COc1ccc(Br)cc1/C=C/C(=O)OCC(=O)N1CCCCC1. The van der Waals surface area contributed by atoms with Gasteiger partial charge in [-0.1, -0.05) is 15.9 Å². The van der Waals surface area contributed by atoms with E-state index in [0.717, 1.165) is 42.4 Å². The number of likely N-dealkylation sites (tertiary alicyclic amines) is 1. The minimum Gasteiger partial charge on any atom is -0.496 e. The molecule has 0 spiro atoms. The molecule has 6 heteroatoms. The Morgan fingerprint density at radius 1 is 1.26 bits per heavy atom. The second-order valence-corrected chi connectivity index (χ2v) is 6.18. The molecule has 0 unspecified atom stereocenters. The highest BCUT2D eigenvalue weighted by Crippen LogP contribution is 2.24. The van der Waals surface area contributed by atoms with Crippen LogP contribution in [0, 0.1) is 0 Å². The molecule has 124 valence electrons. The van der Waals surface area contributed by atoms with Gasteiger partial charge in [0, 0.05) is 29.2 Å². The Balaban J connectivity index is 1.86. The Hall–Kier alpha value is -1.82. The Morgan fingerprint density at radius 2 is 2.00 bits per heavy atom. The first-order valence-corrected chi connectivity index (χ1v) is 8.35. The number of ether oxygens (including phenoxy) is 2. The average molecular weight is 382 g/mol. The zero-order valence-electron chi connectivity index (χ0n) is 13.1. The molecule has 0 bridgehead atoms. The molecule has 0 radical (unpaired) electrons. The van der Waals surface area contributed by atoms with Crippen LogP contribution in [0.2, 0.25) is 0 Å². The molecule has 1 saturated heterocycles. The summed E-state index contributed by atoms with van der Waals surface area (Å²) in [5.41, 5.74) is 0.751. The third-order valence-electron chi connectivity index (χ3n) is 3.64. The lowest BCUT2D eigenvalue weighted by atomic mass is 10.1. The lowest BCUT2D eigenvalue weighted by Gasteiger charge is -2.26. The van der Waals surface area contributed by atoms with Gasteiger partial charge in [0.1, 0.15) is 5.75 Å². The zero-order valence-corrected chi connectivity index (χ0v) is 14.7. The summed E-state index contributed by atoms with van der Waals surface area (Å²) in [7, 11) is 1.57. The van der Waals surface area contributed by atoms with Crippen LogP contribution in [0.3, 0.4) is 0 Å². The van der Waals surface area contributed by atoms with Gasteiger partial charge in [-0.05, 0) is 43.5 Å². The summed E-state index contributed by atoms with van der Waals surface area (Å²) in [5, 5.41) is 0. The molecule has 1 aromatic rings. The molecule has 2 rings (SSSR count). The fourth-order valence-corrected chi connectivity index (χ4v) is 2.79. The van der Waals surface area contributed by atoms with Gasteiger partial charge in [0.25, 0.3) is 5.91 Å². The molecule has 1 aromatic carbocycles. The zero-order chi connectivity index (χ0) is 16.7. The van der Waals surface area contributed by atoms with E-state index >= 15 is 0 Å². The lowest BCUT2D eigenvalue weighted by Crippen LogP contribution is -2.38. The topological polar surface area (TPSA) is 55.8 Å². The van der Waals surface area contributed by atoms with Crippen LogP contribution in [0.5, 0.6) is 5.75 Å². The fraction of sp³-hybridized carbons (Fsp3) is 0.412. The summed E-state index contributed by atoms with van der Waals surface area (Å²) in [6.45, 7) is 1.29. The molecule has 1 aliphatic heterocycles. The molecule has 1 amide bonds. The van der Waals surface area contributed by atoms with E-state index in [-0.39, 0.29) is 12.5 Å². The third kappa shape index (κ3) is 5.39. The highest BCUT2D eigenvalue weighted by molar-refractivity contribution is 9.10. The first-order valence-electron chi connectivity index (χ1n) is 7.56. The smallest absolute Gasteiger partial charge is 0.331 e. The van der Waals surface area contributed by atoms with Crippen LogP contribution in [0.4, 0.5) is 0 Å². The number of hydrogen-bond donors (Lipinski definition) is 0. The summed E-state index contributed by atoms with van der Waals surface area (Å²) in [6.07, 6.45) is 6.09. The summed E-state index contributed by atoms with van der Waals surface area (Å²) < 4.78 is 11.1. The van der Waals surface area contributed by atoms with Gasteiger partial charge in [-0.15, -0.1) is 0 Å². The number of carbonyl (C=O) groups excluding carboxylic acids is 2. The number of methoxy groups -OCH3 is 1. The number of esters is 1. The highest BCUT2D eigenvalue weighted by Gasteiger charge is 2.17. The number of rotatable bonds is 5. The van der Waals surface area contributed by atoms with Crippen molar-refractivity contribution in [1.82, 2.24) is 4.90 Å². The number of amides is 1. The number of halogens is 1. The van der Waals surface area contributed by atoms with Crippen molar-refractivity contribution in [2.24, 2.45) is 0 Å². The van der Waals surface area contributed by atoms with Gasteiger partial charge >= 0.3 is 5.97 Å². The van der Waals surface area contributed by atoms with Gasteiger partial charge < -0.3 is 14.4 Å². The predicted molar refractivity (Wildman–Crippen MR) is 91.1 cm³/mol. The number of benzene rings is 1. The number of hydrogen-bond acceptors (Lipinski definition) is 4. The van der Waals surface area contributed by atoms with Crippen molar-refractivity contribution >= 4 is 33.9 Å². The molecular weight excluding hydrogens is 362 g/mol. The molecule has 5 nitrogen and oxygen atoms in total. The van der Waals surface area contributed by atoms with Gasteiger partial charge in [0.05, 0.1) is 7.11 Å². The van der Waals surface area contributed by atoms with Crippen LogP contribution in [-0.4, -0.2) is 43.6 Å². The number of carbonyl (C=O) groups is 2. The van der Waals surface area contributed by atoms with Crippen molar-refractivity contribution in [2.75, 3.05) is 26.8 Å². The third-order valence-corrected chi connectivity index (χ3v) is 4.13. The van der Waals surface area contributed by atoms with E-state index in [9.17, 15) is 9.59 Å². The van der Waals surface area contributed by atoms with Gasteiger partial charge in [-0.25, -0.2) is 4.79 Å². The van der Waals surface area contributed by atoms with Crippen LogP contribution in [0.15, 0.2) is 28.7 Å². The largest absolute Gasteiger partial charge is 0.496 e. The number of piperidine rings is 1. The molecule has 0 atom stereocenters. The average Bonchev–Trinajstić information content (AvgIpc) is 2.58. The first-order chi connectivity index (χ1) is 11.1. The van der Waals surface area contributed by atoms with E-state index in [4.69, 9.17) is 9.47 Å². The molecular formula is C17H20BrNO4. The molecule has 23 heavy (non-hydrogen) atoms. The van der Waals surface area contributed by atoms with Crippen molar-refractivity contribution < 1.29 is 19.1 Å². The molecule has 0 saturated carbocycles. The van der Waals surface area contributed by atoms with E-state index in [0.29, 0.717) is 5.75 Å². The normalized spacial score (nSPS) is 14.8. The Bertz CT molecular complexity index is 594. The quantitative estimate of drug-likeness (QED) is 0.580.